The van der Waals surface area contributed by atoms with Crippen LogP contribution in [0.2, 0.25) is 0 Å². The molecule has 0 saturated heterocycles. The maximum atomic E-state index is 13.3. The fraction of sp³-hybridized carbons (Fsp3) is 0.0588. The second-order valence-corrected chi connectivity index (χ2v) is 8.98. The third-order valence-electron chi connectivity index (χ3n) is 4.16. The quantitative estimate of drug-likeness (QED) is 0.262. The molecule has 5 N–H and O–H groups in total. The van der Waals surface area contributed by atoms with Gasteiger partial charge < -0.3 is 10.8 Å². The maximum Gasteiger partial charge on any atom is 0.297 e. The van der Waals surface area contributed by atoms with Crippen molar-refractivity contribution in [3.63, 3.8) is 0 Å². The molecule has 0 aromatic heterocycles. The largest absolute Gasteiger partial charge is 0.505 e. The summed E-state index contributed by atoms with van der Waals surface area (Å²) in [6.45, 7) is 1.44. The van der Waals surface area contributed by atoms with Crippen molar-refractivity contribution in [3.8, 4) is 5.75 Å². The number of nitrogen functional groups attached to an aromatic ring is 1. The number of hydrogen-bond donors (Lipinski definition) is 4. The average Bonchev–Trinajstić information content (AvgIpc) is 2.60. The van der Waals surface area contributed by atoms with Crippen molar-refractivity contribution < 1.29 is 35.4 Å². The molecule has 0 fully saturated rings. The lowest BCUT2D eigenvalue weighted by atomic mass is 10.0. The first-order chi connectivity index (χ1) is 13.8. The molecule has 158 valence electrons. The van der Waals surface area contributed by atoms with Crippen LogP contribution in [-0.4, -0.2) is 31.0 Å². The number of rotatable bonds is 4. The average molecular weight is 455 g/mol. The topological polar surface area (TPSA) is 180 Å². The summed E-state index contributed by atoms with van der Waals surface area (Å²) in [5.41, 5.74) is 5.06. The summed E-state index contributed by atoms with van der Waals surface area (Å²) in [4.78, 5) is -1.42. The van der Waals surface area contributed by atoms with E-state index in [2.05, 4.69) is 10.2 Å². The molecule has 0 spiro atoms. The van der Waals surface area contributed by atoms with Gasteiger partial charge in [0.15, 0.2) is 5.75 Å². The van der Waals surface area contributed by atoms with E-state index in [1.165, 1.54) is 19.1 Å². The molecule has 3 rings (SSSR count). The van der Waals surface area contributed by atoms with Gasteiger partial charge in [-0.2, -0.15) is 16.8 Å². The second-order valence-electron chi connectivity index (χ2n) is 6.23. The molecule has 0 heterocycles. The molecular formula is C17H14FN3O7S2. The number of benzene rings is 3. The van der Waals surface area contributed by atoms with E-state index in [1.807, 2.05) is 0 Å². The van der Waals surface area contributed by atoms with E-state index in [0.29, 0.717) is 6.07 Å². The minimum absolute atomic E-state index is 0.0227. The van der Waals surface area contributed by atoms with E-state index in [9.17, 15) is 35.4 Å². The summed E-state index contributed by atoms with van der Waals surface area (Å²) < 4.78 is 78.3. The van der Waals surface area contributed by atoms with Crippen LogP contribution >= 0.6 is 0 Å². The molecule has 0 saturated carbocycles. The first-order valence-corrected chi connectivity index (χ1v) is 10.9. The number of halogens is 1. The number of nitrogens with zero attached hydrogens (tertiary/aromatic N) is 2. The van der Waals surface area contributed by atoms with Gasteiger partial charge >= 0.3 is 0 Å². The van der Waals surface area contributed by atoms with Crippen molar-refractivity contribution in [2.45, 2.75) is 16.7 Å². The standard InChI is InChI=1S/C17H14FN3O7S2/c1-8-6-11-10(3-4-12(19)17(11)30(26,27)28)16(22)15(8)21-20-13-5-2-9(18)7-14(13)29(23,24)25/h2-7,22H,19H2,1H3,(H,23,24,25)(H,26,27,28). The number of aryl methyl sites for hydroxylation is 1. The predicted molar refractivity (Wildman–Crippen MR) is 105 cm³/mol. The first kappa shape index (κ1) is 21.6. The van der Waals surface area contributed by atoms with Crippen molar-refractivity contribution in [3.05, 3.63) is 47.8 Å². The number of phenols is 1. The third kappa shape index (κ3) is 3.95. The fourth-order valence-corrected chi connectivity index (χ4v) is 4.31. The van der Waals surface area contributed by atoms with Crippen LogP contribution in [0.25, 0.3) is 10.8 Å². The number of nitrogens with two attached hydrogens (primary N) is 1. The zero-order chi connectivity index (χ0) is 22.4. The van der Waals surface area contributed by atoms with E-state index < -0.39 is 47.3 Å². The smallest absolute Gasteiger partial charge is 0.297 e. The Hall–Kier alpha value is -3.13. The van der Waals surface area contributed by atoms with Gasteiger partial charge in [0.25, 0.3) is 20.2 Å². The third-order valence-corrected chi connectivity index (χ3v) is 6.01. The Balaban J connectivity index is 2.24. The molecule has 13 heteroatoms. The van der Waals surface area contributed by atoms with Gasteiger partial charge in [-0.15, -0.1) is 10.2 Å². The molecule has 0 aliphatic rings. The zero-order valence-electron chi connectivity index (χ0n) is 15.1. The molecule has 0 unspecified atom stereocenters. The van der Waals surface area contributed by atoms with Gasteiger partial charge in [0.05, 0.1) is 5.69 Å². The van der Waals surface area contributed by atoms with Crippen molar-refractivity contribution in [1.29, 1.82) is 0 Å². The summed E-state index contributed by atoms with van der Waals surface area (Å²) in [6.07, 6.45) is 0. The van der Waals surface area contributed by atoms with Gasteiger partial charge in [-0.05, 0) is 48.9 Å². The zero-order valence-corrected chi connectivity index (χ0v) is 16.7. The molecule has 0 bridgehead atoms. The van der Waals surface area contributed by atoms with Crippen LogP contribution in [0.3, 0.4) is 0 Å². The summed E-state index contributed by atoms with van der Waals surface area (Å²) in [5, 5.41) is 17.9. The van der Waals surface area contributed by atoms with E-state index >= 15 is 0 Å². The summed E-state index contributed by atoms with van der Waals surface area (Å²) in [7, 11) is -9.51. The monoisotopic (exact) mass is 455 g/mol. The predicted octanol–water partition coefficient (Wildman–Crippen LogP) is 3.48. The lowest BCUT2D eigenvalue weighted by Crippen LogP contribution is -2.04. The molecule has 0 amide bonds. The van der Waals surface area contributed by atoms with Crippen LogP contribution in [0.4, 0.5) is 21.5 Å². The van der Waals surface area contributed by atoms with Crippen molar-refractivity contribution >= 4 is 48.1 Å². The van der Waals surface area contributed by atoms with Gasteiger partial charge in [-0.1, -0.05) is 0 Å². The van der Waals surface area contributed by atoms with E-state index in [-0.39, 0.29) is 27.7 Å². The lowest BCUT2D eigenvalue weighted by Gasteiger charge is -2.12. The van der Waals surface area contributed by atoms with E-state index in [4.69, 9.17) is 5.73 Å². The summed E-state index contributed by atoms with van der Waals surface area (Å²) in [5.74, 6) is -1.45. The van der Waals surface area contributed by atoms with Crippen LogP contribution < -0.4 is 5.73 Å². The Labute approximate surface area is 170 Å². The number of phenolic OH excluding ortho intramolecular Hbond substituents is 1. The highest BCUT2D eigenvalue weighted by atomic mass is 32.2. The minimum atomic E-state index is -4.81. The lowest BCUT2D eigenvalue weighted by molar-refractivity contribution is 0.480. The molecule has 3 aromatic carbocycles. The molecule has 0 aliphatic carbocycles. The van der Waals surface area contributed by atoms with Gasteiger partial charge in [-0.3, -0.25) is 9.11 Å². The highest BCUT2D eigenvalue weighted by molar-refractivity contribution is 7.86. The van der Waals surface area contributed by atoms with Gasteiger partial charge in [0, 0.05) is 10.8 Å². The molecule has 0 atom stereocenters. The molecule has 30 heavy (non-hydrogen) atoms. The van der Waals surface area contributed by atoms with E-state index in [0.717, 1.165) is 18.2 Å². The van der Waals surface area contributed by atoms with Crippen LogP contribution in [-0.2, 0) is 20.2 Å². The molecule has 10 nitrogen and oxygen atoms in total. The van der Waals surface area contributed by atoms with Crippen LogP contribution in [0.5, 0.6) is 5.75 Å². The Morgan fingerprint density at radius 2 is 1.60 bits per heavy atom. The van der Waals surface area contributed by atoms with Gasteiger partial charge in [0.2, 0.25) is 0 Å². The molecule has 0 aliphatic heterocycles. The SMILES string of the molecule is Cc1cc2c(S(=O)(=O)O)c(N)ccc2c(O)c1N=Nc1ccc(F)cc1S(=O)(=O)O. The Morgan fingerprint density at radius 3 is 2.20 bits per heavy atom. The van der Waals surface area contributed by atoms with Gasteiger partial charge in [0.1, 0.15) is 27.0 Å². The van der Waals surface area contributed by atoms with E-state index in [1.54, 1.807) is 0 Å². The van der Waals surface area contributed by atoms with Crippen molar-refractivity contribution in [2.24, 2.45) is 10.2 Å². The van der Waals surface area contributed by atoms with Crippen LogP contribution in [0, 0.1) is 12.7 Å². The Bertz CT molecular complexity index is 1440. The fourth-order valence-electron chi connectivity index (χ4n) is 2.86. The highest BCUT2D eigenvalue weighted by Gasteiger charge is 2.22. The summed E-state index contributed by atoms with van der Waals surface area (Å²) >= 11 is 0. The number of azo groups is 1. The van der Waals surface area contributed by atoms with Gasteiger partial charge in [-0.25, -0.2) is 4.39 Å². The number of aromatic hydroxyl groups is 1. The normalized spacial score (nSPS) is 12.7. The summed E-state index contributed by atoms with van der Waals surface area (Å²) in [6, 6.07) is 6.17. The Morgan fingerprint density at radius 1 is 0.933 bits per heavy atom. The number of anilines is 1. The number of fused-ring (bicyclic) bond motifs is 1. The molecule has 0 radical (unpaired) electrons. The first-order valence-electron chi connectivity index (χ1n) is 8.01. The maximum absolute atomic E-state index is 13.3. The Kier molecular flexibility index (Phi) is 5.24. The highest BCUT2D eigenvalue weighted by Crippen LogP contribution is 2.42. The van der Waals surface area contributed by atoms with Crippen LogP contribution in [0.15, 0.2) is 56.4 Å². The van der Waals surface area contributed by atoms with Crippen LogP contribution in [0.1, 0.15) is 5.56 Å². The van der Waals surface area contributed by atoms with Crippen molar-refractivity contribution in [1.82, 2.24) is 0 Å². The molecule has 3 aromatic rings. The molecular weight excluding hydrogens is 441 g/mol. The minimum Gasteiger partial charge on any atom is -0.505 e. The van der Waals surface area contributed by atoms with Crippen molar-refractivity contribution in [2.75, 3.05) is 5.73 Å². The number of hydrogen-bond acceptors (Lipinski definition) is 8. The second kappa shape index (κ2) is 7.28.